The van der Waals surface area contributed by atoms with Gasteiger partial charge in [0, 0.05) is 0 Å². The summed E-state index contributed by atoms with van der Waals surface area (Å²) in [5.74, 6) is 3.01. The zero-order valence-corrected chi connectivity index (χ0v) is 9.32. The number of rotatable bonds is 3. The van der Waals surface area contributed by atoms with Gasteiger partial charge < -0.3 is 0 Å². The van der Waals surface area contributed by atoms with E-state index in [0.717, 1.165) is 17.8 Å². The maximum absolute atomic E-state index is 2.56. The Morgan fingerprint density at radius 3 is 2.60 bits per heavy atom. The van der Waals surface area contributed by atoms with E-state index in [4.69, 9.17) is 0 Å². The minimum Gasteiger partial charge on any atom is -0.0813 e. The standard InChI is InChI=1S/C15H18/c1-2-13-14-9-12(10-15(13)14)8-11-6-4-3-5-7-11/h3-7,9,13-15H,2,8,10H2,1H3/t13-,14+,15-/m0/s1. The fraction of sp³-hybridized carbons (Fsp3) is 0.467. The van der Waals surface area contributed by atoms with Crippen LogP contribution in [0.4, 0.5) is 0 Å². The van der Waals surface area contributed by atoms with Gasteiger partial charge >= 0.3 is 0 Å². The van der Waals surface area contributed by atoms with Crippen LogP contribution in [-0.2, 0) is 6.42 Å². The van der Waals surface area contributed by atoms with E-state index >= 15 is 0 Å². The van der Waals surface area contributed by atoms with Crippen molar-refractivity contribution in [3.05, 3.63) is 47.5 Å². The molecule has 15 heavy (non-hydrogen) atoms. The van der Waals surface area contributed by atoms with Gasteiger partial charge in [-0.3, -0.25) is 0 Å². The fourth-order valence-electron chi connectivity index (χ4n) is 3.22. The molecule has 2 aliphatic carbocycles. The van der Waals surface area contributed by atoms with Crippen molar-refractivity contribution in [2.24, 2.45) is 17.8 Å². The molecule has 0 amide bonds. The third-order valence-corrected chi connectivity index (χ3v) is 4.07. The SMILES string of the molecule is CC[C@H]1[C@H]2C=C(Cc3ccccc3)C[C@H]21. The van der Waals surface area contributed by atoms with Gasteiger partial charge in [-0.25, -0.2) is 0 Å². The van der Waals surface area contributed by atoms with E-state index in [2.05, 4.69) is 43.3 Å². The Morgan fingerprint density at radius 2 is 2.00 bits per heavy atom. The molecule has 0 saturated heterocycles. The lowest BCUT2D eigenvalue weighted by atomic mass is 10.0. The van der Waals surface area contributed by atoms with E-state index in [1.54, 1.807) is 5.57 Å². The van der Waals surface area contributed by atoms with Gasteiger partial charge in [0.15, 0.2) is 0 Å². The smallest absolute Gasteiger partial charge is 0.00669 e. The third-order valence-electron chi connectivity index (χ3n) is 4.07. The van der Waals surface area contributed by atoms with Crippen LogP contribution in [0.25, 0.3) is 0 Å². The number of fused-ring (bicyclic) bond motifs is 1. The van der Waals surface area contributed by atoms with Gasteiger partial charge in [0.1, 0.15) is 0 Å². The van der Waals surface area contributed by atoms with Gasteiger partial charge in [-0.2, -0.15) is 0 Å². The second-order valence-electron chi connectivity index (χ2n) is 5.00. The summed E-state index contributed by atoms with van der Waals surface area (Å²) in [5.41, 5.74) is 3.15. The molecule has 1 fully saturated rings. The summed E-state index contributed by atoms with van der Waals surface area (Å²) >= 11 is 0. The molecule has 0 heterocycles. The Kier molecular flexibility index (Phi) is 2.16. The second kappa shape index (κ2) is 3.52. The lowest BCUT2D eigenvalue weighted by Gasteiger charge is -2.05. The Labute approximate surface area is 92.0 Å². The Hall–Kier alpha value is -1.04. The van der Waals surface area contributed by atoms with Gasteiger partial charge in [-0.15, -0.1) is 0 Å². The molecule has 78 valence electrons. The zero-order valence-electron chi connectivity index (χ0n) is 9.32. The lowest BCUT2D eigenvalue weighted by molar-refractivity contribution is 0.662. The van der Waals surface area contributed by atoms with Crippen LogP contribution in [0, 0.1) is 17.8 Å². The molecule has 0 aromatic heterocycles. The zero-order chi connectivity index (χ0) is 10.3. The Bertz CT molecular complexity index is 374. The minimum atomic E-state index is 0.953. The van der Waals surface area contributed by atoms with Crippen molar-refractivity contribution in [1.82, 2.24) is 0 Å². The van der Waals surface area contributed by atoms with E-state index < -0.39 is 0 Å². The van der Waals surface area contributed by atoms with Gasteiger partial charge in [0.2, 0.25) is 0 Å². The highest BCUT2D eigenvalue weighted by molar-refractivity contribution is 5.30. The summed E-state index contributed by atoms with van der Waals surface area (Å²) in [6.07, 6.45) is 6.50. The molecule has 3 atom stereocenters. The minimum absolute atomic E-state index is 0.953. The van der Waals surface area contributed by atoms with Crippen molar-refractivity contribution in [3.8, 4) is 0 Å². The molecular weight excluding hydrogens is 180 g/mol. The van der Waals surface area contributed by atoms with Gasteiger partial charge in [0.25, 0.3) is 0 Å². The van der Waals surface area contributed by atoms with Crippen LogP contribution in [0.3, 0.4) is 0 Å². The van der Waals surface area contributed by atoms with Crippen LogP contribution in [-0.4, -0.2) is 0 Å². The Morgan fingerprint density at radius 1 is 1.20 bits per heavy atom. The van der Waals surface area contributed by atoms with Crippen LogP contribution in [0.1, 0.15) is 25.3 Å². The molecule has 1 saturated carbocycles. The highest BCUT2D eigenvalue weighted by atomic mass is 14.5. The average Bonchev–Trinajstić information content (AvgIpc) is 2.75. The number of allylic oxidation sites excluding steroid dienone is 2. The van der Waals surface area contributed by atoms with Crippen molar-refractivity contribution in [2.75, 3.05) is 0 Å². The van der Waals surface area contributed by atoms with Crippen LogP contribution >= 0.6 is 0 Å². The van der Waals surface area contributed by atoms with Crippen molar-refractivity contribution >= 4 is 0 Å². The van der Waals surface area contributed by atoms with Crippen molar-refractivity contribution in [2.45, 2.75) is 26.2 Å². The fourth-order valence-corrected chi connectivity index (χ4v) is 3.22. The quantitative estimate of drug-likeness (QED) is 0.647. The second-order valence-corrected chi connectivity index (χ2v) is 5.00. The molecule has 0 bridgehead atoms. The molecule has 2 aliphatic rings. The van der Waals surface area contributed by atoms with Gasteiger partial charge in [-0.1, -0.05) is 55.3 Å². The lowest BCUT2D eigenvalue weighted by Crippen LogP contribution is -1.92. The molecule has 0 nitrogen and oxygen atoms in total. The average molecular weight is 198 g/mol. The van der Waals surface area contributed by atoms with Crippen LogP contribution in [0.15, 0.2) is 42.0 Å². The monoisotopic (exact) mass is 198 g/mol. The van der Waals surface area contributed by atoms with E-state index in [9.17, 15) is 0 Å². The van der Waals surface area contributed by atoms with E-state index in [0.29, 0.717) is 0 Å². The largest absolute Gasteiger partial charge is 0.0813 e. The molecule has 1 aromatic rings. The molecule has 3 rings (SSSR count). The molecule has 0 spiro atoms. The van der Waals surface area contributed by atoms with E-state index in [1.807, 2.05) is 0 Å². The predicted octanol–water partition coefficient (Wildman–Crippen LogP) is 3.83. The van der Waals surface area contributed by atoms with Crippen molar-refractivity contribution in [3.63, 3.8) is 0 Å². The summed E-state index contributed by atoms with van der Waals surface area (Å²) in [6.45, 7) is 2.33. The van der Waals surface area contributed by atoms with E-state index in [-0.39, 0.29) is 0 Å². The van der Waals surface area contributed by atoms with Gasteiger partial charge in [0.05, 0.1) is 0 Å². The summed E-state index contributed by atoms with van der Waals surface area (Å²) in [7, 11) is 0. The first-order valence-corrected chi connectivity index (χ1v) is 6.12. The summed E-state index contributed by atoms with van der Waals surface area (Å²) in [5, 5.41) is 0. The van der Waals surface area contributed by atoms with E-state index in [1.165, 1.54) is 24.8 Å². The Balaban J connectivity index is 1.65. The first-order valence-electron chi connectivity index (χ1n) is 6.12. The van der Waals surface area contributed by atoms with Crippen LogP contribution in [0.5, 0.6) is 0 Å². The molecule has 0 unspecified atom stereocenters. The number of hydrogen-bond acceptors (Lipinski definition) is 0. The molecule has 0 radical (unpaired) electrons. The van der Waals surface area contributed by atoms with Gasteiger partial charge in [-0.05, 0) is 36.2 Å². The predicted molar refractivity (Wildman–Crippen MR) is 63.6 cm³/mol. The van der Waals surface area contributed by atoms with Crippen molar-refractivity contribution in [1.29, 1.82) is 0 Å². The molecule has 0 heteroatoms. The maximum atomic E-state index is 2.56. The molecule has 0 aliphatic heterocycles. The maximum Gasteiger partial charge on any atom is -0.00669 e. The number of hydrogen-bond donors (Lipinski definition) is 0. The summed E-state index contributed by atoms with van der Waals surface area (Å²) in [6, 6.07) is 10.8. The van der Waals surface area contributed by atoms with Crippen molar-refractivity contribution < 1.29 is 0 Å². The van der Waals surface area contributed by atoms with Crippen LogP contribution in [0.2, 0.25) is 0 Å². The summed E-state index contributed by atoms with van der Waals surface area (Å²) < 4.78 is 0. The molecule has 0 N–H and O–H groups in total. The van der Waals surface area contributed by atoms with Crippen LogP contribution < -0.4 is 0 Å². The number of benzene rings is 1. The first-order chi connectivity index (χ1) is 7.38. The highest BCUT2D eigenvalue weighted by Crippen LogP contribution is 2.57. The normalized spacial score (nSPS) is 32.3. The topological polar surface area (TPSA) is 0 Å². The highest BCUT2D eigenvalue weighted by Gasteiger charge is 2.50. The summed E-state index contributed by atoms with van der Waals surface area (Å²) in [4.78, 5) is 0. The molecule has 1 aromatic carbocycles. The first kappa shape index (κ1) is 9.21. The third kappa shape index (κ3) is 1.62. The molecular formula is C15H18.